The lowest BCUT2D eigenvalue weighted by atomic mass is 10.1. The molecule has 1 aliphatic rings. The second-order valence-corrected chi connectivity index (χ2v) is 6.56. The number of carboxylic acids is 1. The first kappa shape index (κ1) is 18.9. The van der Waals surface area contributed by atoms with E-state index in [2.05, 4.69) is 17.1 Å². The number of amides is 1. The zero-order valence-corrected chi connectivity index (χ0v) is 14.7. The van der Waals surface area contributed by atoms with Gasteiger partial charge >= 0.3 is 5.97 Å². The molecule has 2 atom stereocenters. The molecule has 6 nitrogen and oxygen atoms in total. The summed E-state index contributed by atoms with van der Waals surface area (Å²) >= 11 is 0. The number of hydrogen-bond acceptors (Lipinski definition) is 4. The van der Waals surface area contributed by atoms with Gasteiger partial charge in [-0.2, -0.15) is 0 Å². The van der Waals surface area contributed by atoms with E-state index < -0.39 is 30.8 Å². The molecule has 1 aliphatic heterocycles. The highest BCUT2D eigenvalue weighted by molar-refractivity contribution is 5.97. The Morgan fingerprint density at radius 2 is 2.07 bits per heavy atom. The number of aliphatic carboxylic acids is 1. The summed E-state index contributed by atoms with van der Waals surface area (Å²) in [5.41, 5.74) is 2.39. The van der Waals surface area contributed by atoms with Gasteiger partial charge in [0.05, 0.1) is 18.4 Å². The van der Waals surface area contributed by atoms with Crippen LogP contribution in [0, 0.1) is 0 Å². The van der Waals surface area contributed by atoms with Crippen molar-refractivity contribution >= 4 is 17.6 Å². The predicted molar refractivity (Wildman–Crippen MR) is 94.0 cm³/mol. The summed E-state index contributed by atoms with van der Waals surface area (Å²) in [6.45, 7) is 2.38. The van der Waals surface area contributed by atoms with Gasteiger partial charge in [-0.3, -0.25) is 4.79 Å². The van der Waals surface area contributed by atoms with E-state index in [1.165, 1.54) is 17.9 Å². The number of carboxylic acid groups (broad SMARTS) is 1. The molecule has 27 heavy (non-hydrogen) atoms. The minimum atomic E-state index is -2.84. The largest absolute Gasteiger partial charge is 0.480 e. The van der Waals surface area contributed by atoms with Crippen LogP contribution in [0.4, 0.5) is 14.5 Å². The van der Waals surface area contributed by atoms with Crippen LogP contribution in [0.2, 0.25) is 0 Å². The Balaban J connectivity index is 1.76. The molecule has 3 rings (SSSR count). The van der Waals surface area contributed by atoms with Crippen molar-refractivity contribution in [2.45, 2.75) is 44.8 Å². The molecule has 144 valence electrons. The standard InChI is InChI=1S/C19H20F2N2O4/c1-11-8-12-4-2-3-5-15(12)23(11)10-16-13(6-7-27-16)18(24)22-14(19(25)26)9-17(20)21/h2-7,11,14,17H,8-10H2,1H3,(H,22,24)(H,25,26). The van der Waals surface area contributed by atoms with E-state index in [0.717, 1.165) is 12.1 Å². The zero-order valence-electron chi connectivity index (χ0n) is 14.7. The fourth-order valence-corrected chi connectivity index (χ4v) is 3.33. The van der Waals surface area contributed by atoms with Crippen molar-refractivity contribution in [1.29, 1.82) is 0 Å². The molecule has 1 amide bonds. The second-order valence-electron chi connectivity index (χ2n) is 6.56. The van der Waals surface area contributed by atoms with Gasteiger partial charge in [-0.05, 0) is 31.0 Å². The number of nitrogens with zero attached hydrogens (tertiary/aromatic N) is 1. The summed E-state index contributed by atoms with van der Waals surface area (Å²) in [5.74, 6) is -1.89. The van der Waals surface area contributed by atoms with E-state index in [-0.39, 0.29) is 11.6 Å². The topological polar surface area (TPSA) is 82.8 Å². The Bertz CT molecular complexity index is 837. The van der Waals surface area contributed by atoms with Gasteiger partial charge in [0, 0.05) is 18.2 Å². The van der Waals surface area contributed by atoms with Gasteiger partial charge < -0.3 is 19.7 Å². The number of hydrogen-bond donors (Lipinski definition) is 2. The molecule has 8 heteroatoms. The summed E-state index contributed by atoms with van der Waals surface area (Å²) < 4.78 is 30.5. The fraction of sp³-hybridized carbons (Fsp3) is 0.368. The molecule has 1 aromatic carbocycles. The van der Waals surface area contributed by atoms with Crippen molar-refractivity contribution in [1.82, 2.24) is 5.32 Å². The molecule has 2 heterocycles. The van der Waals surface area contributed by atoms with Gasteiger partial charge in [0.15, 0.2) is 0 Å². The van der Waals surface area contributed by atoms with Gasteiger partial charge in [0.25, 0.3) is 5.91 Å². The van der Waals surface area contributed by atoms with Crippen LogP contribution in [-0.2, 0) is 17.8 Å². The molecule has 0 spiro atoms. The highest BCUT2D eigenvalue weighted by Crippen LogP contribution is 2.33. The van der Waals surface area contributed by atoms with E-state index in [4.69, 9.17) is 9.52 Å². The van der Waals surface area contributed by atoms with Gasteiger partial charge in [0.2, 0.25) is 6.43 Å². The Hall–Kier alpha value is -2.90. The third-order valence-electron chi connectivity index (χ3n) is 4.67. The van der Waals surface area contributed by atoms with E-state index in [9.17, 15) is 18.4 Å². The van der Waals surface area contributed by atoms with Crippen molar-refractivity contribution in [2.75, 3.05) is 4.90 Å². The Morgan fingerprint density at radius 1 is 1.33 bits per heavy atom. The van der Waals surface area contributed by atoms with Crippen molar-refractivity contribution < 1.29 is 27.9 Å². The summed E-state index contributed by atoms with van der Waals surface area (Å²) in [5, 5.41) is 11.2. The molecular weight excluding hydrogens is 358 g/mol. The smallest absolute Gasteiger partial charge is 0.326 e. The Kier molecular flexibility index (Phi) is 5.43. The average Bonchev–Trinajstić information content (AvgIpc) is 3.19. The lowest BCUT2D eigenvalue weighted by Gasteiger charge is -2.24. The molecular formula is C19H20F2N2O4. The fourth-order valence-electron chi connectivity index (χ4n) is 3.33. The first-order valence-corrected chi connectivity index (χ1v) is 8.59. The number of halogens is 2. The van der Waals surface area contributed by atoms with Crippen molar-refractivity contribution in [3.8, 4) is 0 Å². The van der Waals surface area contributed by atoms with Crippen molar-refractivity contribution in [3.63, 3.8) is 0 Å². The van der Waals surface area contributed by atoms with Crippen LogP contribution in [0.15, 0.2) is 41.0 Å². The second kappa shape index (κ2) is 7.77. The van der Waals surface area contributed by atoms with E-state index >= 15 is 0 Å². The summed E-state index contributed by atoms with van der Waals surface area (Å²) in [7, 11) is 0. The molecule has 0 saturated carbocycles. The third kappa shape index (κ3) is 4.10. The lowest BCUT2D eigenvalue weighted by molar-refractivity contribution is -0.140. The number of para-hydroxylation sites is 1. The number of carbonyl (C=O) groups is 2. The van der Waals surface area contributed by atoms with Crippen LogP contribution in [-0.4, -0.2) is 35.5 Å². The molecule has 2 aromatic rings. The molecule has 0 bridgehead atoms. The molecule has 2 N–H and O–H groups in total. The minimum absolute atomic E-state index is 0.145. The number of alkyl halides is 2. The number of nitrogens with one attached hydrogen (secondary N) is 1. The maximum absolute atomic E-state index is 12.5. The van der Waals surface area contributed by atoms with Gasteiger partial charge in [-0.1, -0.05) is 18.2 Å². The molecule has 0 aliphatic carbocycles. The molecule has 0 radical (unpaired) electrons. The first-order valence-electron chi connectivity index (χ1n) is 8.59. The van der Waals surface area contributed by atoms with Crippen LogP contribution in [0.5, 0.6) is 0 Å². The molecule has 0 fully saturated rings. The summed E-state index contributed by atoms with van der Waals surface area (Å²) in [4.78, 5) is 25.6. The van der Waals surface area contributed by atoms with Crippen LogP contribution < -0.4 is 10.2 Å². The Labute approximate surface area is 154 Å². The van der Waals surface area contributed by atoms with Gasteiger partial charge in [-0.15, -0.1) is 0 Å². The van der Waals surface area contributed by atoms with Gasteiger partial charge in [0.1, 0.15) is 11.8 Å². The van der Waals surface area contributed by atoms with E-state index in [1.54, 1.807) is 0 Å². The monoisotopic (exact) mass is 378 g/mol. The van der Waals surface area contributed by atoms with Crippen molar-refractivity contribution in [2.24, 2.45) is 0 Å². The SMILES string of the molecule is CC1Cc2ccccc2N1Cc1occc1C(=O)NC(CC(F)F)C(=O)O. The minimum Gasteiger partial charge on any atom is -0.480 e. The first-order chi connectivity index (χ1) is 12.9. The average molecular weight is 378 g/mol. The maximum Gasteiger partial charge on any atom is 0.326 e. The number of anilines is 1. The molecule has 2 unspecified atom stereocenters. The van der Waals surface area contributed by atoms with E-state index in [0.29, 0.717) is 12.3 Å². The van der Waals surface area contributed by atoms with Crippen molar-refractivity contribution in [3.05, 3.63) is 53.5 Å². The third-order valence-corrected chi connectivity index (χ3v) is 4.67. The Morgan fingerprint density at radius 3 is 2.78 bits per heavy atom. The normalized spacial score (nSPS) is 17.0. The number of furan rings is 1. The summed E-state index contributed by atoms with van der Waals surface area (Å²) in [6.07, 6.45) is -1.59. The summed E-state index contributed by atoms with van der Waals surface area (Å²) in [6, 6.07) is 7.89. The number of rotatable bonds is 7. The predicted octanol–water partition coefficient (Wildman–Crippen LogP) is 3.07. The number of benzene rings is 1. The highest BCUT2D eigenvalue weighted by atomic mass is 19.3. The maximum atomic E-state index is 12.5. The van der Waals surface area contributed by atoms with Crippen LogP contribution in [0.1, 0.15) is 35.0 Å². The molecule has 1 aromatic heterocycles. The molecule has 0 saturated heterocycles. The lowest BCUT2D eigenvalue weighted by Crippen LogP contribution is -2.42. The van der Waals surface area contributed by atoms with Crippen LogP contribution in [0.3, 0.4) is 0 Å². The number of carbonyl (C=O) groups excluding carboxylic acids is 1. The van der Waals surface area contributed by atoms with Crippen LogP contribution in [0.25, 0.3) is 0 Å². The van der Waals surface area contributed by atoms with Crippen LogP contribution >= 0.6 is 0 Å². The quantitative estimate of drug-likeness (QED) is 0.774. The van der Waals surface area contributed by atoms with E-state index in [1.807, 2.05) is 24.3 Å². The zero-order chi connectivity index (χ0) is 19.6. The van der Waals surface area contributed by atoms with Gasteiger partial charge in [-0.25, -0.2) is 13.6 Å². The highest BCUT2D eigenvalue weighted by Gasteiger charge is 2.30. The number of fused-ring (bicyclic) bond motifs is 1.